The van der Waals surface area contributed by atoms with E-state index < -0.39 is 33.8 Å². The maximum atomic E-state index is 13.7. The van der Waals surface area contributed by atoms with Crippen LogP contribution in [0.3, 0.4) is 0 Å². The quantitative estimate of drug-likeness (QED) is 0.500. The summed E-state index contributed by atoms with van der Waals surface area (Å²) in [6.45, 7) is 1.40. The van der Waals surface area contributed by atoms with Gasteiger partial charge in [-0.25, -0.2) is 22.1 Å². The molecule has 0 saturated carbocycles. The van der Waals surface area contributed by atoms with Crippen molar-refractivity contribution in [1.29, 1.82) is 0 Å². The lowest BCUT2D eigenvalue weighted by atomic mass is 10.2. The summed E-state index contributed by atoms with van der Waals surface area (Å²) in [6, 6.07) is 10.3. The number of esters is 1. The van der Waals surface area contributed by atoms with E-state index in [0.29, 0.717) is 16.9 Å². The summed E-state index contributed by atoms with van der Waals surface area (Å²) in [5, 5.41) is 2.38. The fourth-order valence-corrected chi connectivity index (χ4v) is 4.07. The molecule has 0 aliphatic heterocycles. The predicted molar refractivity (Wildman–Crippen MR) is 120 cm³/mol. The van der Waals surface area contributed by atoms with Crippen LogP contribution < -0.4 is 5.32 Å². The van der Waals surface area contributed by atoms with Gasteiger partial charge < -0.3 is 14.6 Å². The summed E-state index contributed by atoms with van der Waals surface area (Å²) >= 11 is 0. The maximum Gasteiger partial charge on any atom is 0.307 e. The fourth-order valence-electron chi connectivity index (χ4n) is 3.14. The smallest absolute Gasteiger partial charge is 0.307 e. The van der Waals surface area contributed by atoms with E-state index in [2.05, 4.69) is 10.3 Å². The summed E-state index contributed by atoms with van der Waals surface area (Å²) < 4.78 is 46.4. The van der Waals surface area contributed by atoms with Crippen LogP contribution in [0.15, 0.2) is 47.4 Å². The highest BCUT2D eigenvalue weighted by Crippen LogP contribution is 2.22. The van der Waals surface area contributed by atoms with Crippen molar-refractivity contribution in [1.82, 2.24) is 13.9 Å². The zero-order chi connectivity index (χ0) is 24.3. The number of benzene rings is 2. The summed E-state index contributed by atoms with van der Waals surface area (Å²) in [6.07, 6.45) is -0.935. The first kappa shape index (κ1) is 24.3. The van der Waals surface area contributed by atoms with E-state index in [1.807, 2.05) is 0 Å². The van der Waals surface area contributed by atoms with Crippen molar-refractivity contribution in [3.8, 4) is 0 Å². The Balaban J connectivity index is 1.63. The molecule has 176 valence electrons. The number of hydrogen-bond acceptors (Lipinski definition) is 6. The van der Waals surface area contributed by atoms with Gasteiger partial charge in [-0.05, 0) is 37.3 Å². The normalized spacial score (nSPS) is 12.7. The predicted octanol–water partition coefficient (Wildman–Crippen LogP) is 2.47. The highest BCUT2D eigenvalue weighted by atomic mass is 32.2. The molecule has 1 heterocycles. The Labute approximate surface area is 191 Å². The molecule has 0 unspecified atom stereocenters. The monoisotopic (exact) mass is 476 g/mol. The van der Waals surface area contributed by atoms with Gasteiger partial charge >= 0.3 is 5.97 Å². The van der Waals surface area contributed by atoms with Gasteiger partial charge in [0, 0.05) is 27.6 Å². The van der Waals surface area contributed by atoms with Gasteiger partial charge in [-0.2, -0.15) is 0 Å². The van der Waals surface area contributed by atoms with E-state index in [9.17, 15) is 22.4 Å². The number of nitrogens with zero attached hydrogens (tertiary/aromatic N) is 3. The molecule has 1 N–H and O–H groups in total. The van der Waals surface area contributed by atoms with Crippen molar-refractivity contribution in [2.24, 2.45) is 7.05 Å². The minimum atomic E-state index is -3.60. The molecule has 0 radical (unpaired) electrons. The van der Waals surface area contributed by atoms with Crippen molar-refractivity contribution in [3.05, 3.63) is 54.1 Å². The molecule has 0 fully saturated rings. The van der Waals surface area contributed by atoms with Crippen LogP contribution in [0.5, 0.6) is 0 Å². The molecular weight excluding hydrogens is 451 g/mol. The molecule has 11 heteroatoms. The van der Waals surface area contributed by atoms with Crippen LogP contribution in [0.25, 0.3) is 11.0 Å². The Kier molecular flexibility index (Phi) is 7.13. The summed E-state index contributed by atoms with van der Waals surface area (Å²) in [5.41, 5.74) is 1.20. The van der Waals surface area contributed by atoms with E-state index in [-0.39, 0.29) is 23.4 Å². The van der Waals surface area contributed by atoms with Crippen molar-refractivity contribution in [2.45, 2.75) is 30.8 Å². The van der Waals surface area contributed by atoms with Crippen molar-refractivity contribution < 1.29 is 27.1 Å². The van der Waals surface area contributed by atoms with Crippen LogP contribution in [0.4, 0.5) is 10.1 Å². The fraction of sp³-hybridized carbons (Fsp3) is 0.318. The van der Waals surface area contributed by atoms with Crippen molar-refractivity contribution in [3.63, 3.8) is 0 Å². The average Bonchev–Trinajstić information content (AvgIpc) is 3.08. The molecule has 1 aromatic heterocycles. The highest BCUT2D eigenvalue weighted by molar-refractivity contribution is 7.89. The molecule has 33 heavy (non-hydrogen) atoms. The number of sulfonamides is 1. The molecule has 0 aliphatic carbocycles. The van der Waals surface area contributed by atoms with Gasteiger partial charge in [0.05, 0.1) is 28.0 Å². The van der Waals surface area contributed by atoms with Crippen LogP contribution in [0, 0.1) is 5.82 Å². The van der Waals surface area contributed by atoms with Gasteiger partial charge in [-0.15, -0.1) is 0 Å². The van der Waals surface area contributed by atoms with E-state index >= 15 is 0 Å². The van der Waals surface area contributed by atoms with Gasteiger partial charge in [0.1, 0.15) is 11.6 Å². The van der Waals surface area contributed by atoms with Crippen molar-refractivity contribution in [2.75, 3.05) is 19.4 Å². The molecule has 0 aliphatic rings. The number of nitrogens with one attached hydrogen (secondary N) is 1. The third-order valence-corrected chi connectivity index (χ3v) is 6.90. The van der Waals surface area contributed by atoms with Gasteiger partial charge in [0.25, 0.3) is 5.91 Å². The van der Waals surface area contributed by atoms with E-state index in [1.165, 1.54) is 51.4 Å². The Morgan fingerprint density at radius 1 is 1.21 bits per heavy atom. The number of fused-ring (bicyclic) bond motifs is 1. The maximum absolute atomic E-state index is 13.7. The minimum absolute atomic E-state index is 0.000694. The number of hydrogen-bond donors (Lipinski definition) is 1. The highest BCUT2D eigenvalue weighted by Gasteiger charge is 2.21. The molecule has 9 nitrogen and oxygen atoms in total. The lowest BCUT2D eigenvalue weighted by molar-refractivity contribution is -0.153. The van der Waals surface area contributed by atoms with Crippen LogP contribution in [0.1, 0.15) is 19.2 Å². The number of anilines is 1. The zero-order valence-corrected chi connectivity index (χ0v) is 19.5. The third kappa shape index (κ3) is 5.37. The topological polar surface area (TPSA) is 111 Å². The second-order valence-electron chi connectivity index (χ2n) is 7.63. The van der Waals surface area contributed by atoms with Crippen LogP contribution >= 0.6 is 0 Å². The number of carbonyl (C=O) groups is 2. The first-order valence-corrected chi connectivity index (χ1v) is 11.6. The standard InChI is InChI=1S/C22H25FN4O5S/c1-14(22(29)25-17-8-6-5-7-16(17)23)32-21(28)12-11-20-24-18-13-15(33(30,31)26(2)3)9-10-19(18)27(20)4/h5-10,13-14H,11-12H2,1-4H3,(H,25,29)/t14-/m1/s1. The van der Waals surface area contributed by atoms with Gasteiger partial charge in [-0.3, -0.25) is 9.59 Å². The minimum Gasteiger partial charge on any atom is -0.453 e. The molecule has 2 aromatic carbocycles. The number of halogens is 1. The first-order valence-electron chi connectivity index (χ1n) is 10.1. The number of para-hydroxylation sites is 1. The lowest BCUT2D eigenvalue weighted by Crippen LogP contribution is -2.30. The van der Waals surface area contributed by atoms with E-state index in [1.54, 1.807) is 23.7 Å². The molecule has 0 bridgehead atoms. The SMILES string of the molecule is C[C@@H](OC(=O)CCc1nc2cc(S(=O)(=O)N(C)C)ccc2n1C)C(=O)Nc1ccccc1F. The number of carbonyl (C=O) groups excluding carboxylic acids is 2. The molecule has 1 atom stereocenters. The Morgan fingerprint density at radius 3 is 2.58 bits per heavy atom. The Bertz CT molecular complexity index is 1300. The lowest BCUT2D eigenvalue weighted by Gasteiger charge is -2.14. The van der Waals surface area contributed by atoms with E-state index in [0.717, 1.165) is 4.31 Å². The Morgan fingerprint density at radius 2 is 1.91 bits per heavy atom. The summed E-state index contributed by atoms with van der Waals surface area (Å²) in [5.74, 6) is -1.29. The zero-order valence-electron chi connectivity index (χ0n) is 18.7. The largest absolute Gasteiger partial charge is 0.453 e. The Hall–Kier alpha value is -3.31. The van der Waals surface area contributed by atoms with Crippen LogP contribution in [-0.2, 0) is 37.8 Å². The third-order valence-electron chi connectivity index (χ3n) is 5.09. The van der Waals surface area contributed by atoms with Crippen LogP contribution in [0.2, 0.25) is 0 Å². The number of imidazole rings is 1. The number of amides is 1. The van der Waals surface area contributed by atoms with Crippen molar-refractivity contribution >= 4 is 38.6 Å². The molecule has 3 rings (SSSR count). The number of rotatable bonds is 8. The summed E-state index contributed by atoms with van der Waals surface area (Å²) in [4.78, 5) is 29.0. The molecule has 1 amide bonds. The second kappa shape index (κ2) is 9.67. The molecule has 0 spiro atoms. The molecular formula is C22H25FN4O5S. The molecule has 3 aromatic rings. The van der Waals surface area contributed by atoms with Gasteiger partial charge in [0.15, 0.2) is 6.10 Å². The summed E-state index contributed by atoms with van der Waals surface area (Å²) in [7, 11) is 1.07. The van der Waals surface area contributed by atoms with Gasteiger partial charge in [0.2, 0.25) is 10.0 Å². The number of aryl methyl sites for hydroxylation is 2. The second-order valence-corrected chi connectivity index (χ2v) is 9.78. The average molecular weight is 477 g/mol. The van der Waals surface area contributed by atoms with Crippen LogP contribution in [-0.4, -0.2) is 54.3 Å². The first-order chi connectivity index (χ1) is 15.5. The number of aromatic nitrogens is 2. The number of ether oxygens (including phenoxy) is 1. The molecule has 0 saturated heterocycles. The van der Waals surface area contributed by atoms with E-state index in [4.69, 9.17) is 4.74 Å². The van der Waals surface area contributed by atoms with Gasteiger partial charge in [-0.1, -0.05) is 12.1 Å².